The number of anilines is 1. The van der Waals surface area contributed by atoms with Crippen molar-refractivity contribution in [1.82, 2.24) is 5.32 Å². The van der Waals surface area contributed by atoms with Gasteiger partial charge in [0.1, 0.15) is 12.6 Å². The fraction of sp³-hybridized carbons (Fsp3) is 0.467. The fourth-order valence-electron chi connectivity index (χ4n) is 3.02. The minimum atomic E-state index is -0.430. The molecule has 1 aliphatic carbocycles. The van der Waals surface area contributed by atoms with E-state index in [0.29, 0.717) is 0 Å². The number of hydrogen-bond acceptors (Lipinski definition) is 2. The minimum Gasteiger partial charge on any atom is -0.343 e. The van der Waals surface area contributed by atoms with Gasteiger partial charge in [0.05, 0.1) is 0 Å². The van der Waals surface area contributed by atoms with Crippen LogP contribution in [0.3, 0.4) is 0 Å². The number of rotatable bonds is 1. The van der Waals surface area contributed by atoms with Gasteiger partial charge < -0.3 is 10.2 Å². The Bertz CT molecular complexity index is 539. The first-order valence-electron chi connectivity index (χ1n) is 6.88. The average Bonchev–Trinajstić information content (AvgIpc) is 2.42. The predicted octanol–water partition coefficient (Wildman–Crippen LogP) is 1.42. The Kier molecular flexibility index (Phi) is 3.01. The standard InChI is InChI=1S/C15H18N2O2/c1-10-15(19)17(9-14(18)16-10)13-8-4-6-11-5-2-3-7-12(11)13/h4,6,8,10H,2-3,5,7,9H2,1H3,(H,16,18). The van der Waals surface area contributed by atoms with Crippen LogP contribution in [0.4, 0.5) is 5.69 Å². The average molecular weight is 258 g/mol. The monoisotopic (exact) mass is 258 g/mol. The zero-order valence-corrected chi connectivity index (χ0v) is 11.1. The summed E-state index contributed by atoms with van der Waals surface area (Å²) in [5.74, 6) is -0.0981. The van der Waals surface area contributed by atoms with Gasteiger partial charge in [-0.1, -0.05) is 12.1 Å². The van der Waals surface area contributed by atoms with Crippen LogP contribution in [0.25, 0.3) is 0 Å². The number of nitrogens with one attached hydrogen (secondary N) is 1. The molecule has 4 nitrogen and oxygen atoms in total. The zero-order valence-electron chi connectivity index (χ0n) is 11.1. The van der Waals surface area contributed by atoms with E-state index in [2.05, 4.69) is 11.4 Å². The van der Waals surface area contributed by atoms with Crippen LogP contribution >= 0.6 is 0 Å². The molecule has 0 aromatic heterocycles. The summed E-state index contributed by atoms with van der Waals surface area (Å²) in [5.41, 5.74) is 3.52. The topological polar surface area (TPSA) is 49.4 Å². The van der Waals surface area contributed by atoms with E-state index in [1.165, 1.54) is 17.5 Å². The van der Waals surface area contributed by atoms with Gasteiger partial charge in [0.2, 0.25) is 11.8 Å². The van der Waals surface area contributed by atoms with Crippen molar-refractivity contribution < 1.29 is 9.59 Å². The second-order valence-corrected chi connectivity index (χ2v) is 5.34. The molecule has 100 valence electrons. The first kappa shape index (κ1) is 12.2. The van der Waals surface area contributed by atoms with E-state index in [-0.39, 0.29) is 18.4 Å². The van der Waals surface area contributed by atoms with E-state index < -0.39 is 6.04 Å². The molecule has 19 heavy (non-hydrogen) atoms. The highest BCUT2D eigenvalue weighted by molar-refractivity contribution is 6.06. The normalized spacial score (nSPS) is 23.0. The van der Waals surface area contributed by atoms with E-state index in [1.807, 2.05) is 12.1 Å². The van der Waals surface area contributed by atoms with Crippen LogP contribution in [0.2, 0.25) is 0 Å². The third kappa shape index (κ3) is 2.11. The number of hydrogen-bond donors (Lipinski definition) is 1. The van der Waals surface area contributed by atoms with Gasteiger partial charge in [-0.2, -0.15) is 0 Å². The highest BCUT2D eigenvalue weighted by atomic mass is 16.2. The lowest BCUT2D eigenvalue weighted by atomic mass is 9.90. The van der Waals surface area contributed by atoms with Gasteiger partial charge in [-0.05, 0) is 49.8 Å². The van der Waals surface area contributed by atoms with Crippen molar-refractivity contribution >= 4 is 17.5 Å². The Morgan fingerprint density at radius 1 is 1.21 bits per heavy atom. The Hall–Kier alpha value is -1.84. The van der Waals surface area contributed by atoms with Crippen molar-refractivity contribution in [3.8, 4) is 0 Å². The summed E-state index contributed by atoms with van der Waals surface area (Å²) >= 11 is 0. The number of carbonyl (C=O) groups is 2. The van der Waals surface area contributed by atoms with Crippen LogP contribution < -0.4 is 10.2 Å². The van der Waals surface area contributed by atoms with Gasteiger partial charge in [-0.15, -0.1) is 0 Å². The maximum absolute atomic E-state index is 12.3. The lowest BCUT2D eigenvalue weighted by Gasteiger charge is -2.33. The molecule has 1 saturated heterocycles. The molecule has 2 aliphatic rings. The number of carbonyl (C=O) groups excluding carboxylic acids is 2. The molecule has 1 atom stereocenters. The third-order valence-corrected chi connectivity index (χ3v) is 3.98. The van der Waals surface area contributed by atoms with Crippen LogP contribution in [0, 0.1) is 0 Å². The molecule has 1 aliphatic heterocycles. The molecule has 0 saturated carbocycles. The molecule has 1 fully saturated rings. The fourth-order valence-corrected chi connectivity index (χ4v) is 3.02. The smallest absolute Gasteiger partial charge is 0.249 e. The van der Waals surface area contributed by atoms with Crippen molar-refractivity contribution in [2.24, 2.45) is 0 Å². The number of fused-ring (bicyclic) bond motifs is 1. The Balaban J connectivity index is 2.01. The number of amides is 2. The van der Waals surface area contributed by atoms with Gasteiger partial charge in [-0.25, -0.2) is 0 Å². The predicted molar refractivity (Wildman–Crippen MR) is 73.0 cm³/mol. The van der Waals surface area contributed by atoms with Crippen molar-refractivity contribution in [2.75, 3.05) is 11.4 Å². The molecule has 0 spiro atoms. The minimum absolute atomic E-state index is 0.0152. The maximum Gasteiger partial charge on any atom is 0.249 e. The van der Waals surface area contributed by atoms with Crippen molar-refractivity contribution in [1.29, 1.82) is 0 Å². The van der Waals surface area contributed by atoms with Crippen molar-refractivity contribution in [3.05, 3.63) is 29.3 Å². The number of benzene rings is 1. The van der Waals surface area contributed by atoms with Gasteiger partial charge >= 0.3 is 0 Å². The molecule has 1 unspecified atom stereocenters. The van der Waals surface area contributed by atoms with E-state index in [9.17, 15) is 9.59 Å². The van der Waals surface area contributed by atoms with Gasteiger partial charge in [-0.3, -0.25) is 9.59 Å². The Morgan fingerprint density at radius 3 is 2.84 bits per heavy atom. The van der Waals surface area contributed by atoms with Crippen molar-refractivity contribution in [3.63, 3.8) is 0 Å². The van der Waals surface area contributed by atoms with Crippen LogP contribution in [-0.4, -0.2) is 24.4 Å². The van der Waals surface area contributed by atoms with Crippen LogP contribution in [0.15, 0.2) is 18.2 Å². The van der Waals surface area contributed by atoms with Gasteiger partial charge in [0.25, 0.3) is 0 Å². The van der Waals surface area contributed by atoms with Gasteiger partial charge in [0, 0.05) is 5.69 Å². The molecule has 0 radical (unpaired) electrons. The molecule has 4 heteroatoms. The van der Waals surface area contributed by atoms with Gasteiger partial charge in [0.15, 0.2) is 0 Å². The largest absolute Gasteiger partial charge is 0.343 e. The van der Waals surface area contributed by atoms with E-state index in [1.54, 1.807) is 11.8 Å². The van der Waals surface area contributed by atoms with Crippen LogP contribution in [-0.2, 0) is 22.4 Å². The third-order valence-electron chi connectivity index (χ3n) is 3.98. The first-order chi connectivity index (χ1) is 9.16. The van der Waals surface area contributed by atoms with Crippen LogP contribution in [0.1, 0.15) is 30.9 Å². The summed E-state index contributed by atoms with van der Waals surface area (Å²) in [6.07, 6.45) is 4.45. The summed E-state index contributed by atoms with van der Waals surface area (Å²) in [7, 11) is 0. The van der Waals surface area contributed by atoms with E-state index in [0.717, 1.165) is 24.9 Å². The molecule has 1 heterocycles. The summed E-state index contributed by atoms with van der Waals surface area (Å²) in [6.45, 7) is 1.88. The second-order valence-electron chi connectivity index (χ2n) is 5.34. The molecule has 3 rings (SSSR count). The lowest BCUT2D eigenvalue weighted by molar-refractivity contribution is -0.130. The molecule has 0 bridgehead atoms. The molecule has 1 aromatic rings. The number of aryl methyl sites for hydroxylation is 1. The first-order valence-corrected chi connectivity index (χ1v) is 6.88. The summed E-state index contributed by atoms with van der Waals surface area (Å²) in [6, 6.07) is 5.66. The Labute approximate surface area is 112 Å². The SMILES string of the molecule is CC1NC(=O)CN(c2cccc3c2CCCC3)C1=O. The molecule has 2 amide bonds. The second kappa shape index (κ2) is 4.68. The van der Waals surface area contributed by atoms with Crippen LogP contribution in [0.5, 0.6) is 0 Å². The zero-order chi connectivity index (χ0) is 13.4. The quantitative estimate of drug-likeness (QED) is 0.828. The summed E-state index contributed by atoms with van der Waals surface area (Å²) in [4.78, 5) is 25.6. The molecular weight excluding hydrogens is 240 g/mol. The summed E-state index contributed by atoms with van der Waals surface area (Å²) in [5, 5.41) is 2.68. The molecule has 1 aromatic carbocycles. The van der Waals surface area contributed by atoms with E-state index in [4.69, 9.17) is 0 Å². The summed E-state index contributed by atoms with van der Waals surface area (Å²) < 4.78 is 0. The lowest BCUT2D eigenvalue weighted by Crippen LogP contribution is -2.57. The molecule has 1 N–H and O–H groups in total. The molecular formula is C15H18N2O2. The Morgan fingerprint density at radius 2 is 2.00 bits per heavy atom. The van der Waals surface area contributed by atoms with E-state index >= 15 is 0 Å². The number of piperazine rings is 1. The van der Waals surface area contributed by atoms with Crippen molar-refractivity contribution in [2.45, 2.75) is 38.6 Å². The highest BCUT2D eigenvalue weighted by Gasteiger charge is 2.32. The highest BCUT2D eigenvalue weighted by Crippen LogP contribution is 2.31. The number of nitrogens with zero attached hydrogens (tertiary/aromatic N) is 1. The maximum atomic E-state index is 12.3.